The summed E-state index contributed by atoms with van der Waals surface area (Å²) in [7, 11) is -3.55. The highest BCUT2D eigenvalue weighted by Crippen LogP contribution is 2.27. The second-order valence-electron chi connectivity index (χ2n) is 9.74. The van der Waals surface area contributed by atoms with Crippen LogP contribution in [0.5, 0.6) is 5.75 Å². The molecule has 1 aliphatic rings. The SMILES string of the molecule is CC(C)(O)CCOc1c(N2CCN(S(=O)(=O)Cc3ccccc3)CC2)cnn(-c2cc(F)cc(F)c2)c1=O. The van der Waals surface area contributed by atoms with E-state index in [-0.39, 0.29) is 56.4 Å². The number of hydrogen-bond donors (Lipinski definition) is 1. The Bertz CT molecular complexity index is 1410. The fourth-order valence-corrected chi connectivity index (χ4v) is 5.64. The number of hydrogen-bond acceptors (Lipinski definition) is 7. The van der Waals surface area contributed by atoms with E-state index in [0.717, 1.165) is 16.8 Å². The standard InChI is InChI=1S/C26H30F2N4O5S/c1-26(2,34)8-13-37-24-23(17-29-32(25(24)33)22-15-20(27)14-21(28)16-22)30-9-11-31(12-10-30)38(35,36)18-19-6-4-3-5-7-19/h3-7,14-17,34H,8-13,18H2,1-2H3. The van der Waals surface area contributed by atoms with Gasteiger partial charge in [-0.15, -0.1) is 0 Å². The molecule has 4 rings (SSSR count). The average Bonchev–Trinajstić information content (AvgIpc) is 2.84. The Labute approximate surface area is 219 Å². The lowest BCUT2D eigenvalue weighted by atomic mass is 10.1. The lowest BCUT2D eigenvalue weighted by molar-refractivity contribution is 0.0551. The van der Waals surface area contributed by atoms with Crippen LogP contribution >= 0.6 is 0 Å². The van der Waals surface area contributed by atoms with Gasteiger partial charge in [0.15, 0.2) is 0 Å². The van der Waals surface area contributed by atoms with Gasteiger partial charge in [0.1, 0.15) is 17.3 Å². The topological polar surface area (TPSA) is 105 Å². The second-order valence-corrected chi connectivity index (χ2v) is 11.7. The van der Waals surface area contributed by atoms with Gasteiger partial charge < -0.3 is 14.7 Å². The number of aliphatic hydroxyl groups is 1. The molecule has 1 fully saturated rings. The molecule has 2 heterocycles. The van der Waals surface area contributed by atoms with E-state index in [2.05, 4.69) is 5.10 Å². The summed E-state index contributed by atoms with van der Waals surface area (Å²) < 4.78 is 61.6. The Kier molecular flexibility index (Phi) is 8.14. The monoisotopic (exact) mass is 548 g/mol. The largest absolute Gasteiger partial charge is 0.486 e. The van der Waals surface area contributed by atoms with Crippen molar-refractivity contribution < 1.29 is 27.0 Å². The number of rotatable bonds is 9. The van der Waals surface area contributed by atoms with Crippen molar-refractivity contribution in [1.29, 1.82) is 0 Å². The van der Waals surface area contributed by atoms with Gasteiger partial charge in [-0.1, -0.05) is 30.3 Å². The molecule has 0 spiro atoms. The summed E-state index contributed by atoms with van der Waals surface area (Å²) in [5.74, 6) is -1.94. The lowest BCUT2D eigenvalue weighted by Gasteiger charge is -2.35. The molecule has 204 valence electrons. The molecule has 0 radical (unpaired) electrons. The summed E-state index contributed by atoms with van der Waals surface area (Å²) in [4.78, 5) is 15.2. The minimum Gasteiger partial charge on any atom is -0.486 e. The zero-order valence-corrected chi connectivity index (χ0v) is 22.0. The third kappa shape index (κ3) is 6.74. The number of piperazine rings is 1. The molecule has 0 bridgehead atoms. The van der Waals surface area contributed by atoms with E-state index in [1.807, 2.05) is 6.07 Å². The molecule has 38 heavy (non-hydrogen) atoms. The highest BCUT2D eigenvalue weighted by molar-refractivity contribution is 7.88. The smallest absolute Gasteiger partial charge is 0.316 e. The molecule has 2 aromatic carbocycles. The number of sulfonamides is 1. The first-order chi connectivity index (χ1) is 17.9. The Morgan fingerprint density at radius 1 is 1.03 bits per heavy atom. The number of anilines is 1. The molecule has 3 aromatic rings. The molecule has 1 aliphatic heterocycles. The van der Waals surface area contributed by atoms with E-state index in [1.54, 1.807) is 43.0 Å². The van der Waals surface area contributed by atoms with E-state index in [0.29, 0.717) is 17.3 Å². The summed E-state index contributed by atoms with van der Waals surface area (Å²) in [5.41, 5.74) is -0.861. The van der Waals surface area contributed by atoms with Gasteiger partial charge in [0, 0.05) is 38.7 Å². The highest BCUT2D eigenvalue weighted by atomic mass is 32.2. The van der Waals surface area contributed by atoms with E-state index in [1.165, 1.54) is 10.5 Å². The molecule has 0 aliphatic carbocycles. The molecule has 0 unspecified atom stereocenters. The van der Waals surface area contributed by atoms with Crippen LogP contribution in [-0.4, -0.2) is 66.0 Å². The maximum absolute atomic E-state index is 13.8. The number of nitrogens with zero attached hydrogens (tertiary/aromatic N) is 4. The van der Waals surface area contributed by atoms with Crippen LogP contribution in [0.4, 0.5) is 14.5 Å². The summed E-state index contributed by atoms with van der Waals surface area (Å²) in [6, 6.07) is 11.6. The van der Waals surface area contributed by atoms with Crippen LogP contribution in [-0.2, 0) is 15.8 Å². The predicted octanol–water partition coefficient (Wildman–Crippen LogP) is 2.70. The predicted molar refractivity (Wildman–Crippen MR) is 139 cm³/mol. The van der Waals surface area contributed by atoms with Gasteiger partial charge in [0.2, 0.25) is 15.8 Å². The van der Waals surface area contributed by atoms with Crippen LogP contribution in [0.2, 0.25) is 0 Å². The Hall–Kier alpha value is -3.35. The molecule has 0 saturated carbocycles. The van der Waals surface area contributed by atoms with Crippen molar-refractivity contribution in [3.63, 3.8) is 0 Å². The first-order valence-corrected chi connectivity index (χ1v) is 13.7. The molecule has 9 nitrogen and oxygen atoms in total. The van der Waals surface area contributed by atoms with Crippen molar-refractivity contribution in [2.45, 2.75) is 31.6 Å². The van der Waals surface area contributed by atoms with Crippen molar-refractivity contribution in [2.24, 2.45) is 0 Å². The molecule has 1 aromatic heterocycles. The molecule has 12 heteroatoms. The van der Waals surface area contributed by atoms with Crippen LogP contribution in [0.1, 0.15) is 25.8 Å². The fraction of sp³-hybridized carbons (Fsp3) is 0.385. The third-order valence-corrected chi connectivity index (χ3v) is 7.98. The van der Waals surface area contributed by atoms with Crippen molar-refractivity contribution in [3.05, 3.63) is 82.3 Å². The van der Waals surface area contributed by atoms with E-state index < -0.39 is 32.8 Å². The van der Waals surface area contributed by atoms with Gasteiger partial charge in [-0.3, -0.25) is 4.79 Å². The van der Waals surface area contributed by atoms with Gasteiger partial charge in [-0.25, -0.2) is 17.2 Å². The Balaban J connectivity index is 1.58. The van der Waals surface area contributed by atoms with Gasteiger partial charge in [0.05, 0.1) is 29.8 Å². The molecular weight excluding hydrogens is 518 g/mol. The quantitative estimate of drug-likeness (QED) is 0.439. The second kappa shape index (κ2) is 11.2. The highest BCUT2D eigenvalue weighted by Gasteiger charge is 2.30. The number of aromatic nitrogens is 2. The maximum Gasteiger partial charge on any atom is 0.316 e. The average molecular weight is 549 g/mol. The van der Waals surface area contributed by atoms with Crippen LogP contribution in [0, 0.1) is 11.6 Å². The molecule has 1 N–H and O–H groups in total. The third-order valence-electron chi connectivity index (χ3n) is 6.13. The van der Waals surface area contributed by atoms with Crippen LogP contribution < -0.4 is 15.2 Å². The van der Waals surface area contributed by atoms with Crippen LogP contribution in [0.3, 0.4) is 0 Å². The van der Waals surface area contributed by atoms with Crippen LogP contribution in [0.25, 0.3) is 5.69 Å². The van der Waals surface area contributed by atoms with Crippen LogP contribution in [0.15, 0.2) is 59.5 Å². The summed E-state index contributed by atoms with van der Waals surface area (Å²) >= 11 is 0. The zero-order chi connectivity index (χ0) is 27.5. The number of benzene rings is 2. The normalized spacial score (nSPS) is 15.0. The molecule has 1 saturated heterocycles. The van der Waals surface area contributed by atoms with Crippen molar-refractivity contribution >= 4 is 15.7 Å². The summed E-state index contributed by atoms with van der Waals surface area (Å²) in [6.45, 7) is 4.14. The summed E-state index contributed by atoms with van der Waals surface area (Å²) in [5, 5.41) is 14.2. The molecule has 0 amide bonds. The van der Waals surface area contributed by atoms with Crippen molar-refractivity contribution in [1.82, 2.24) is 14.1 Å². The fourth-order valence-electron chi connectivity index (χ4n) is 4.12. The van der Waals surface area contributed by atoms with Gasteiger partial charge in [-0.05, 0) is 31.5 Å². The first kappa shape index (κ1) is 27.7. The van der Waals surface area contributed by atoms with Gasteiger partial charge >= 0.3 is 5.56 Å². The number of ether oxygens (including phenoxy) is 1. The Morgan fingerprint density at radius 2 is 1.66 bits per heavy atom. The lowest BCUT2D eigenvalue weighted by Crippen LogP contribution is -2.49. The minimum atomic E-state index is -3.55. The minimum absolute atomic E-state index is 0.00130. The van der Waals surface area contributed by atoms with E-state index in [4.69, 9.17) is 4.74 Å². The maximum atomic E-state index is 13.8. The van der Waals surface area contributed by atoms with E-state index >= 15 is 0 Å². The first-order valence-electron chi connectivity index (χ1n) is 12.1. The van der Waals surface area contributed by atoms with Gasteiger partial charge in [0.25, 0.3) is 0 Å². The number of halogens is 2. The summed E-state index contributed by atoms with van der Waals surface area (Å²) in [6.07, 6.45) is 1.58. The van der Waals surface area contributed by atoms with E-state index in [9.17, 15) is 27.1 Å². The molecular formula is C26H30F2N4O5S. The van der Waals surface area contributed by atoms with Crippen molar-refractivity contribution in [2.75, 3.05) is 37.7 Å². The Morgan fingerprint density at radius 3 is 2.26 bits per heavy atom. The zero-order valence-electron chi connectivity index (χ0n) is 21.2. The van der Waals surface area contributed by atoms with Gasteiger partial charge in [-0.2, -0.15) is 14.1 Å². The molecule has 0 atom stereocenters. The van der Waals surface area contributed by atoms with Crippen molar-refractivity contribution in [3.8, 4) is 11.4 Å².